The van der Waals surface area contributed by atoms with Gasteiger partial charge in [0.1, 0.15) is 0 Å². The second-order valence-electron chi connectivity index (χ2n) is 9.21. The maximum absolute atomic E-state index is 12.9. The number of likely N-dealkylation sites (N-methyl/N-ethyl adjacent to an activating group) is 1. The van der Waals surface area contributed by atoms with Crippen LogP contribution in [0.15, 0.2) is 53.9 Å². The Morgan fingerprint density at radius 1 is 0.971 bits per heavy atom. The van der Waals surface area contributed by atoms with Crippen LogP contribution in [0.4, 0.5) is 11.4 Å². The lowest BCUT2D eigenvalue weighted by Crippen LogP contribution is -2.44. The minimum absolute atomic E-state index is 0.0349. The Morgan fingerprint density at radius 3 is 2.29 bits per heavy atom. The number of amides is 1. The third kappa shape index (κ3) is 6.05. The monoisotopic (exact) mass is 482 g/mol. The minimum Gasteiger partial charge on any atom is -0.369 e. The predicted octanol–water partition coefficient (Wildman–Crippen LogP) is 3.40. The lowest BCUT2D eigenvalue weighted by Gasteiger charge is -2.34. The van der Waals surface area contributed by atoms with Gasteiger partial charge in [-0.2, -0.15) is 4.31 Å². The molecule has 0 radical (unpaired) electrons. The number of hydrogen-bond acceptors (Lipinski definition) is 5. The van der Waals surface area contributed by atoms with Gasteiger partial charge in [-0.05, 0) is 62.2 Å². The molecule has 2 aromatic rings. The molecule has 1 N–H and O–H groups in total. The summed E-state index contributed by atoms with van der Waals surface area (Å²) in [6.07, 6.45) is 2.65. The highest BCUT2D eigenvalue weighted by Gasteiger charge is 2.30. The molecule has 0 atom stereocenters. The molecule has 8 heteroatoms. The molecule has 4 rings (SSSR count). The number of benzene rings is 2. The zero-order valence-corrected chi connectivity index (χ0v) is 20.8. The summed E-state index contributed by atoms with van der Waals surface area (Å²) >= 11 is 0. The zero-order valence-electron chi connectivity index (χ0n) is 20.0. The van der Waals surface area contributed by atoms with Gasteiger partial charge >= 0.3 is 0 Å². The fourth-order valence-electron chi connectivity index (χ4n) is 4.47. The summed E-state index contributed by atoms with van der Waals surface area (Å²) in [4.78, 5) is 17.6. The van der Waals surface area contributed by atoms with Gasteiger partial charge in [0.25, 0.3) is 0 Å². The van der Waals surface area contributed by atoms with Gasteiger partial charge in [-0.1, -0.05) is 30.3 Å². The van der Waals surface area contributed by atoms with Gasteiger partial charge in [-0.25, -0.2) is 8.42 Å². The second kappa shape index (κ2) is 10.7. The van der Waals surface area contributed by atoms with E-state index >= 15 is 0 Å². The number of carbonyl (C=O) groups is 1. The van der Waals surface area contributed by atoms with Crippen molar-refractivity contribution in [2.24, 2.45) is 5.92 Å². The lowest BCUT2D eigenvalue weighted by atomic mass is 9.97. The standard InChI is InChI=1S/C26H34N4O3S/c1-21-20-24(29-17-15-28(2)16-18-29)8-9-25(21)27-26(31)23-10-13-30(14-11-23)34(32,33)19-12-22-6-4-3-5-7-22/h3-9,12,19-20,23H,10-11,13-18H2,1-2H3,(H,27,31). The highest BCUT2D eigenvalue weighted by molar-refractivity contribution is 7.92. The van der Waals surface area contributed by atoms with Gasteiger partial charge < -0.3 is 15.1 Å². The summed E-state index contributed by atoms with van der Waals surface area (Å²) < 4.78 is 26.8. The number of aryl methyl sites for hydroxylation is 1. The van der Waals surface area contributed by atoms with Crippen LogP contribution in [0.1, 0.15) is 24.0 Å². The average Bonchev–Trinajstić information content (AvgIpc) is 2.85. The lowest BCUT2D eigenvalue weighted by molar-refractivity contribution is -0.120. The number of piperazine rings is 1. The highest BCUT2D eigenvalue weighted by atomic mass is 32.2. The Morgan fingerprint density at radius 2 is 1.65 bits per heavy atom. The number of rotatable bonds is 6. The van der Waals surface area contributed by atoms with Crippen LogP contribution >= 0.6 is 0 Å². The molecule has 2 aromatic carbocycles. The van der Waals surface area contributed by atoms with Crippen LogP contribution in [0.5, 0.6) is 0 Å². The Bertz CT molecular complexity index is 1120. The zero-order chi connectivity index (χ0) is 24.1. The van der Waals surface area contributed by atoms with E-state index in [0.717, 1.165) is 43.0 Å². The number of sulfonamides is 1. The first kappa shape index (κ1) is 24.4. The van der Waals surface area contributed by atoms with Crippen LogP contribution in [-0.4, -0.2) is 69.8 Å². The van der Waals surface area contributed by atoms with Crippen LogP contribution in [0.25, 0.3) is 6.08 Å². The van der Waals surface area contributed by atoms with Crippen LogP contribution in [0.3, 0.4) is 0 Å². The Labute approximate surface area is 203 Å². The van der Waals surface area contributed by atoms with Gasteiger partial charge in [0.05, 0.1) is 0 Å². The van der Waals surface area contributed by atoms with E-state index in [9.17, 15) is 13.2 Å². The summed E-state index contributed by atoms with van der Waals surface area (Å²) in [6, 6.07) is 15.6. The molecule has 34 heavy (non-hydrogen) atoms. The minimum atomic E-state index is -3.50. The predicted molar refractivity (Wildman–Crippen MR) is 138 cm³/mol. The number of hydrogen-bond donors (Lipinski definition) is 1. The normalized spacial score (nSPS) is 18.9. The van der Waals surface area contributed by atoms with Crippen LogP contribution in [0, 0.1) is 12.8 Å². The van der Waals surface area contributed by atoms with Gasteiger partial charge in [0, 0.05) is 62.0 Å². The largest absolute Gasteiger partial charge is 0.369 e. The first-order chi connectivity index (χ1) is 16.3. The van der Waals surface area contributed by atoms with E-state index in [-0.39, 0.29) is 11.8 Å². The molecule has 1 amide bonds. The highest BCUT2D eigenvalue weighted by Crippen LogP contribution is 2.26. The van der Waals surface area contributed by atoms with Crippen molar-refractivity contribution in [3.63, 3.8) is 0 Å². The van der Waals surface area contributed by atoms with Crippen molar-refractivity contribution in [2.75, 3.05) is 56.5 Å². The fraction of sp³-hybridized carbons (Fsp3) is 0.423. The van der Waals surface area contributed by atoms with Crippen molar-refractivity contribution >= 4 is 33.4 Å². The van der Waals surface area contributed by atoms with Gasteiger partial charge in [-0.3, -0.25) is 4.79 Å². The maximum atomic E-state index is 12.9. The number of nitrogens with zero attached hydrogens (tertiary/aromatic N) is 3. The van der Waals surface area contributed by atoms with Gasteiger partial charge in [0.2, 0.25) is 15.9 Å². The molecule has 7 nitrogen and oxygen atoms in total. The molecule has 0 unspecified atom stereocenters. The van der Waals surface area contributed by atoms with E-state index in [1.165, 1.54) is 15.4 Å². The van der Waals surface area contributed by atoms with E-state index < -0.39 is 10.0 Å². The third-order valence-corrected chi connectivity index (χ3v) is 8.32. The average molecular weight is 483 g/mol. The smallest absolute Gasteiger partial charge is 0.236 e. The summed E-state index contributed by atoms with van der Waals surface area (Å²) in [6.45, 7) is 6.82. The molecule has 0 aromatic heterocycles. The van der Waals surface area contributed by atoms with Crippen molar-refractivity contribution in [3.05, 3.63) is 65.1 Å². The Balaban J connectivity index is 1.31. The summed E-state index contributed by atoms with van der Waals surface area (Å²) in [7, 11) is -1.36. The molecular weight excluding hydrogens is 448 g/mol. The first-order valence-electron chi connectivity index (χ1n) is 11.9. The van der Waals surface area contributed by atoms with Gasteiger partial charge in [-0.15, -0.1) is 0 Å². The van der Waals surface area contributed by atoms with E-state index in [0.29, 0.717) is 25.9 Å². The van der Waals surface area contributed by atoms with E-state index in [1.54, 1.807) is 6.08 Å². The van der Waals surface area contributed by atoms with Crippen molar-refractivity contribution < 1.29 is 13.2 Å². The van der Waals surface area contributed by atoms with E-state index in [1.807, 2.05) is 43.3 Å². The Kier molecular flexibility index (Phi) is 7.70. The molecule has 0 aliphatic carbocycles. The number of piperidine rings is 1. The number of anilines is 2. The molecule has 0 bridgehead atoms. The number of nitrogens with one attached hydrogen (secondary N) is 1. The molecule has 182 valence electrons. The quantitative estimate of drug-likeness (QED) is 0.683. The molecular formula is C26H34N4O3S. The SMILES string of the molecule is Cc1cc(N2CCN(C)CC2)ccc1NC(=O)C1CCN(S(=O)(=O)C=Cc2ccccc2)CC1. The third-order valence-electron chi connectivity index (χ3n) is 6.75. The summed E-state index contributed by atoms with van der Waals surface area (Å²) in [5, 5.41) is 4.33. The molecule has 2 saturated heterocycles. The second-order valence-corrected chi connectivity index (χ2v) is 11.0. The molecule has 0 saturated carbocycles. The first-order valence-corrected chi connectivity index (χ1v) is 13.4. The van der Waals surface area contributed by atoms with Crippen molar-refractivity contribution in [3.8, 4) is 0 Å². The fourth-order valence-corrected chi connectivity index (χ4v) is 5.69. The van der Waals surface area contributed by atoms with Crippen LogP contribution < -0.4 is 10.2 Å². The van der Waals surface area contributed by atoms with Crippen molar-refractivity contribution in [1.29, 1.82) is 0 Å². The van der Waals surface area contributed by atoms with Crippen LogP contribution in [0.2, 0.25) is 0 Å². The van der Waals surface area contributed by atoms with Crippen molar-refractivity contribution in [1.82, 2.24) is 9.21 Å². The number of carbonyl (C=O) groups excluding carboxylic acids is 1. The molecule has 0 spiro atoms. The van der Waals surface area contributed by atoms with Crippen LogP contribution in [-0.2, 0) is 14.8 Å². The molecule has 2 aliphatic rings. The van der Waals surface area contributed by atoms with E-state index in [4.69, 9.17) is 0 Å². The molecule has 2 heterocycles. The summed E-state index contributed by atoms with van der Waals surface area (Å²) in [5.41, 5.74) is 3.89. The van der Waals surface area contributed by atoms with Crippen molar-refractivity contribution in [2.45, 2.75) is 19.8 Å². The molecule has 2 fully saturated rings. The molecule has 2 aliphatic heterocycles. The summed E-state index contributed by atoms with van der Waals surface area (Å²) in [5.74, 6) is -0.228. The maximum Gasteiger partial charge on any atom is 0.236 e. The Hall–Kier alpha value is -2.68. The van der Waals surface area contributed by atoms with E-state index in [2.05, 4.69) is 34.3 Å². The topological polar surface area (TPSA) is 73.0 Å². The van der Waals surface area contributed by atoms with Gasteiger partial charge in [0.15, 0.2) is 0 Å².